The quantitative estimate of drug-likeness (QED) is 0.712. The molecule has 2 heterocycles. The highest BCUT2D eigenvalue weighted by Crippen LogP contribution is 2.28. The molecule has 3 rings (SSSR count). The highest BCUT2D eigenvalue weighted by Gasteiger charge is 2.18. The van der Waals surface area contributed by atoms with Gasteiger partial charge in [-0.3, -0.25) is 9.48 Å². The van der Waals surface area contributed by atoms with E-state index < -0.39 is 5.82 Å². The smallest absolute Gasteiger partial charge is 0.263 e. The van der Waals surface area contributed by atoms with Gasteiger partial charge in [0.05, 0.1) is 17.1 Å². The Labute approximate surface area is 143 Å². The summed E-state index contributed by atoms with van der Waals surface area (Å²) in [6.07, 6.45) is 0. The average Bonchev–Trinajstić information content (AvgIpc) is 3.10. The SMILES string of the molecule is Cc1nn(C)c2sc(C(=O)N(C)CCOc3ccccc3F)cc12. The summed E-state index contributed by atoms with van der Waals surface area (Å²) in [5.74, 6) is -0.284. The number of ether oxygens (including phenoxy) is 1. The molecular weight excluding hydrogens is 329 g/mol. The van der Waals surface area contributed by atoms with Crippen LogP contribution in [0.25, 0.3) is 10.2 Å². The molecule has 0 bridgehead atoms. The van der Waals surface area contributed by atoms with Gasteiger partial charge < -0.3 is 9.64 Å². The largest absolute Gasteiger partial charge is 0.489 e. The third-order valence-corrected chi connectivity index (χ3v) is 4.96. The van der Waals surface area contributed by atoms with E-state index in [1.807, 2.05) is 20.0 Å². The van der Waals surface area contributed by atoms with Crippen molar-refractivity contribution in [2.24, 2.45) is 7.05 Å². The predicted octanol–water partition coefficient (Wildman–Crippen LogP) is 3.23. The predicted molar refractivity (Wildman–Crippen MR) is 92.2 cm³/mol. The maximum absolute atomic E-state index is 13.5. The Balaban J connectivity index is 1.63. The summed E-state index contributed by atoms with van der Waals surface area (Å²) in [5.41, 5.74) is 0.910. The first kappa shape index (κ1) is 16.4. The number of aryl methyl sites for hydroxylation is 2. The van der Waals surface area contributed by atoms with E-state index in [1.165, 1.54) is 17.4 Å². The van der Waals surface area contributed by atoms with E-state index in [1.54, 1.807) is 34.8 Å². The van der Waals surface area contributed by atoms with Gasteiger partial charge in [-0.25, -0.2) is 4.39 Å². The van der Waals surface area contributed by atoms with Crippen LogP contribution in [-0.4, -0.2) is 40.8 Å². The van der Waals surface area contributed by atoms with Crippen LogP contribution in [0, 0.1) is 12.7 Å². The van der Waals surface area contributed by atoms with Crippen molar-refractivity contribution in [2.45, 2.75) is 6.92 Å². The molecule has 0 N–H and O–H groups in total. The van der Waals surface area contributed by atoms with E-state index in [9.17, 15) is 9.18 Å². The molecule has 0 unspecified atom stereocenters. The van der Waals surface area contributed by atoms with Crippen LogP contribution in [0.2, 0.25) is 0 Å². The second-order valence-corrected chi connectivity index (χ2v) is 6.57. The van der Waals surface area contributed by atoms with Gasteiger partial charge in [0.15, 0.2) is 11.6 Å². The van der Waals surface area contributed by atoms with Crippen molar-refractivity contribution in [3.63, 3.8) is 0 Å². The molecule has 0 saturated heterocycles. The molecule has 0 aliphatic rings. The number of fused-ring (bicyclic) bond motifs is 1. The second-order valence-electron chi connectivity index (χ2n) is 5.54. The van der Waals surface area contributed by atoms with Crippen molar-refractivity contribution < 1.29 is 13.9 Å². The van der Waals surface area contributed by atoms with Gasteiger partial charge in [-0.15, -0.1) is 11.3 Å². The van der Waals surface area contributed by atoms with Gasteiger partial charge in [-0.05, 0) is 25.1 Å². The van der Waals surface area contributed by atoms with Crippen molar-refractivity contribution in [1.29, 1.82) is 0 Å². The minimum Gasteiger partial charge on any atom is -0.489 e. The van der Waals surface area contributed by atoms with Crippen LogP contribution < -0.4 is 4.74 Å². The number of thiophene rings is 1. The van der Waals surface area contributed by atoms with E-state index in [0.29, 0.717) is 11.4 Å². The summed E-state index contributed by atoms with van der Waals surface area (Å²) in [6.45, 7) is 2.53. The minimum absolute atomic E-state index is 0.0762. The number of likely N-dealkylation sites (N-methyl/N-ethyl adjacent to an activating group) is 1. The third kappa shape index (κ3) is 3.12. The molecule has 1 amide bonds. The number of aromatic nitrogens is 2. The first-order chi connectivity index (χ1) is 11.5. The molecule has 5 nitrogen and oxygen atoms in total. The number of amides is 1. The minimum atomic E-state index is -0.404. The maximum Gasteiger partial charge on any atom is 0.263 e. The molecular formula is C17H18FN3O2S. The van der Waals surface area contributed by atoms with Crippen LogP contribution in [0.5, 0.6) is 5.75 Å². The molecule has 1 aromatic carbocycles. The number of benzene rings is 1. The Morgan fingerprint density at radius 2 is 2.17 bits per heavy atom. The molecule has 0 atom stereocenters. The lowest BCUT2D eigenvalue weighted by Gasteiger charge is -2.16. The number of para-hydroxylation sites is 1. The molecule has 126 valence electrons. The van der Waals surface area contributed by atoms with Crippen LogP contribution >= 0.6 is 11.3 Å². The Morgan fingerprint density at radius 3 is 2.88 bits per heavy atom. The van der Waals surface area contributed by atoms with Gasteiger partial charge in [-0.2, -0.15) is 5.10 Å². The number of carbonyl (C=O) groups excluding carboxylic acids is 1. The molecule has 0 saturated carbocycles. The van der Waals surface area contributed by atoms with Gasteiger partial charge in [0, 0.05) is 19.5 Å². The van der Waals surface area contributed by atoms with Crippen molar-refractivity contribution in [3.8, 4) is 5.75 Å². The summed E-state index contributed by atoms with van der Waals surface area (Å²) in [4.78, 5) is 15.7. The Bertz CT molecular complexity index is 853. The second kappa shape index (κ2) is 6.60. The summed E-state index contributed by atoms with van der Waals surface area (Å²) in [5, 5.41) is 5.34. The summed E-state index contributed by atoms with van der Waals surface area (Å²) >= 11 is 1.42. The van der Waals surface area contributed by atoms with E-state index in [0.717, 1.165) is 15.9 Å². The van der Waals surface area contributed by atoms with E-state index in [2.05, 4.69) is 5.10 Å². The Kier molecular flexibility index (Phi) is 4.53. The number of nitrogens with zero attached hydrogens (tertiary/aromatic N) is 3. The fourth-order valence-electron chi connectivity index (χ4n) is 2.45. The monoisotopic (exact) mass is 347 g/mol. The van der Waals surface area contributed by atoms with E-state index in [4.69, 9.17) is 4.74 Å². The highest BCUT2D eigenvalue weighted by atomic mass is 32.1. The standard InChI is InChI=1S/C17H18FN3O2S/c1-11-12-10-15(24-17(12)21(3)19-11)16(22)20(2)8-9-23-14-7-5-4-6-13(14)18/h4-7,10H,8-9H2,1-3H3. The number of hydrogen-bond donors (Lipinski definition) is 0. The third-order valence-electron chi connectivity index (χ3n) is 3.77. The number of rotatable bonds is 5. The zero-order valence-corrected chi connectivity index (χ0v) is 14.6. The van der Waals surface area contributed by atoms with Crippen LogP contribution in [0.1, 0.15) is 15.4 Å². The van der Waals surface area contributed by atoms with Gasteiger partial charge in [0.25, 0.3) is 5.91 Å². The first-order valence-electron chi connectivity index (χ1n) is 7.53. The Hall–Kier alpha value is -2.41. The lowest BCUT2D eigenvalue weighted by Crippen LogP contribution is -2.30. The Morgan fingerprint density at radius 1 is 1.42 bits per heavy atom. The molecule has 7 heteroatoms. The summed E-state index contributed by atoms with van der Waals surface area (Å²) in [6, 6.07) is 8.10. The molecule has 0 radical (unpaired) electrons. The first-order valence-corrected chi connectivity index (χ1v) is 8.35. The maximum atomic E-state index is 13.5. The van der Waals surface area contributed by atoms with Crippen molar-refractivity contribution in [2.75, 3.05) is 20.2 Å². The number of carbonyl (C=O) groups is 1. The van der Waals surface area contributed by atoms with Crippen LogP contribution in [0.15, 0.2) is 30.3 Å². The van der Waals surface area contributed by atoms with Gasteiger partial charge in [0.1, 0.15) is 11.4 Å². The lowest BCUT2D eigenvalue weighted by atomic mass is 10.3. The van der Waals surface area contributed by atoms with Crippen molar-refractivity contribution in [1.82, 2.24) is 14.7 Å². The van der Waals surface area contributed by atoms with Gasteiger partial charge in [-0.1, -0.05) is 12.1 Å². The van der Waals surface area contributed by atoms with E-state index >= 15 is 0 Å². The van der Waals surface area contributed by atoms with Crippen LogP contribution in [-0.2, 0) is 7.05 Å². The molecule has 0 aliphatic heterocycles. The molecule has 0 aliphatic carbocycles. The van der Waals surface area contributed by atoms with E-state index in [-0.39, 0.29) is 18.3 Å². The van der Waals surface area contributed by atoms with Crippen LogP contribution in [0.4, 0.5) is 4.39 Å². The highest BCUT2D eigenvalue weighted by molar-refractivity contribution is 7.20. The normalized spacial score (nSPS) is 11.0. The lowest BCUT2D eigenvalue weighted by molar-refractivity contribution is 0.0777. The zero-order chi connectivity index (χ0) is 17.3. The molecule has 24 heavy (non-hydrogen) atoms. The molecule has 0 fully saturated rings. The molecule has 3 aromatic rings. The molecule has 0 spiro atoms. The zero-order valence-electron chi connectivity index (χ0n) is 13.7. The van der Waals surface area contributed by atoms with Gasteiger partial charge >= 0.3 is 0 Å². The average molecular weight is 347 g/mol. The van der Waals surface area contributed by atoms with Crippen molar-refractivity contribution >= 4 is 27.5 Å². The summed E-state index contributed by atoms with van der Waals surface area (Å²) in [7, 11) is 3.58. The number of halogens is 1. The summed E-state index contributed by atoms with van der Waals surface area (Å²) < 4.78 is 20.7. The van der Waals surface area contributed by atoms with Crippen LogP contribution in [0.3, 0.4) is 0 Å². The fraction of sp³-hybridized carbons (Fsp3) is 0.294. The molecule has 2 aromatic heterocycles. The number of hydrogen-bond acceptors (Lipinski definition) is 4. The van der Waals surface area contributed by atoms with Gasteiger partial charge in [0.2, 0.25) is 0 Å². The topological polar surface area (TPSA) is 47.4 Å². The fourth-order valence-corrected chi connectivity index (χ4v) is 3.57. The van der Waals surface area contributed by atoms with Crippen molar-refractivity contribution in [3.05, 3.63) is 46.7 Å².